The number of carbonyl (C=O) groups is 2. The van der Waals surface area contributed by atoms with Crippen LogP contribution in [0.5, 0.6) is 23.0 Å². The van der Waals surface area contributed by atoms with Gasteiger partial charge in [-0.05, 0) is 24.3 Å². The summed E-state index contributed by atoms with van der Waals surface area (Å²) in [6.07, 6.45) is 1.94. The third kappa shape index (κ3) is 4.41. The van der Waals surface area contributed by atoms with Gasteiger partial charge in [-0.2, -0.15) is 0 Å². The maximum absolute atomic E-state index is 11.7. The Balaban J connectivity index is 1.93. The van der Waals surface area contributed by atoms with E-state index in [1.165, 1.54) is 24.3 Å². The first kappa shape index (κ1) is 16.7. The van der Waals surface area contributed by atoms with Crippen molar-refractivity contribution < 1.29 is 30.0 Å². The molecule has 0 saturated heterocycles. The van der Waals surface area contributed by atoms with Crippen molar-refractivity contribution in [2.75, 3.05) is 10.6 Å². The molecule has 0 spiro atoms. The second-order valence-corrected chi connectivity index (χ2v) is 4.72. The van der Waals surface area contributed by atoms with Gasteiger partial charge in [0.15, 0.2) is 23.0 Å². The smallest absolute Gasteiger partial charge is 0.248 e. The standard InChI is InChI=1S/C16H14N2O6/c19-11-3-1-9(7-13(11)21)17-15(23)5-6-16(24)18-10-2-4-12(20)14(22)8-10/h1-8,19-22H,(H,17,23)(H,18,24)/b6-5-. The van der Waals surface area contributed by atoms with Crippen LogP contribution in [0.2, 0.25) is 0 Å². The minimum atomic E-state index is -0.621. The van der Waals surface area contributed by atoms with Gasteiger partial charge < -0.3 is 31.1 Å². The summed E-state index contributed by atoms with van der Waals surface area (Å²) < 4.78 is 0. The molecule has 0 aliphatic carbocycles. The quantitative estimate of drug-likeness (QED) is 0.286. The summed E-state index contributed by atoms with van der Waals surface area (Å²) in [5, 5.41) is 41.8. The molecule has 0 radical (unpaired) electrons. The van der Waals surface area contributed by atoms with E-state index in [1.807, 2.05) is 0 Å². The monoisotopic (exact) mass is 330 g/mol. The number of phenols is 4. The topological polar surface area (TPSA) is 139 Å². The van der Waals surface area contributed by atoms with E-state index < -0.39 is 11.8 Å². The van der Waals surface area contributed by atoms with Crippen LogP contribution in [0.4, 0.5) is 11.4 Å². The Bertz CT molecular complexity index is 749. The molecule has 2 amide bonds. The Labute approximate surface area is 136 Å². The summed E-state index contributed by atoms with van der Waals surface area (Å²) in [6.45, 7) is 0. The second-order valence-electron chi connectivity index (χ2n) is 4.72. The maximum atomic E-state index is 11.7. The molecule has 0 bridgehead atoms. The lowest BCUT2D eigenvalue weighted by Crippen LogP contribution is -2.12. The van der Waals surface area contributed by atoms with Gasteiger partial charge in [-0.25, -0.2) is 0 Å². The number of phenolic OH excluding ortho intramolecular Hbond substituents is 4. The largest absolute Gasteiger partial charge is 0.504 e. The molecular weight excluding hydrogens is 316 g/mol. The molecule has 0 aromatic heterocycles. The predicted molar refractivity (Wildman–Crippen MR) is 85.9 cm³/mol. The van der Waals surface area contributed by atoms with E-state index in [-0.39, 0.29) is 34.4 Å². The van der Waals surface area contributed by atoms with Gasteiger partial charge in [0.1, 0.15) is 0 Å². The van der Waals surface area contributed by atoms with Crippen molar-refractivity contribution in [2.24, 2.45) is 0 Å². The summed E-state index contributed by atoms with van der Waals surface area (Å²) in [5.41, 5.74) is 0.479. The number of aromatic hydroxyl groups is 4. The molecule has 8 nitrogen and oxygen atoms in total. The summed E-state index contributed by atoms with van der Waals surface area (Å²) in [4.78, 5) is 23.3. The highest BCUT2D eigenvalue weighted by atomic mass is 16.3. The van der Waals surface area contributed by atoms with E-state index in [9.17, 15) is 19.8 Å². The normalized spacial score (nSPS) is 10.5. The Hall–Kier alpha value is -3.68. The summed E-state index contributed by atoms with van der Waals surface area (Å²) in [7, 11) is 0. The van der Waals surface area contributed by atoms with Crippen LogP contribution in [-0.2, 0) is 9.59 Å². The Kier molecular flexibility index (Phi) is 4.90. The van der Waals surface area contributed by atoms with Gasteiger partial charge >= 0.3 is 0 Å². The van der Waals surface area contributed by atoms with Gasteiger partial charge in [-0.1, -0.05) is 0 Å². The predicted octanol–water partition coefficient (Wildman–Crippen LogP) is 1.64. The van der Waals surface area contributed by atoms with Crippen molar-refractivity contribution in [1.29, 1.82) is 0 Å². The van der Waals surface area contributed by atoms with E-state index >= 15 is 0 Å². The highest BCUT2D eigenvalue weighted by Crippen LogP contribution is 2.28. The number of rotatable bonds is 4. The fourth-order valence-electron chi connectivity index (χ4n) is 1.72. The highest BCUT2D eigenvalue weighted by Gasteiger charge is 2.05. The van der Waals surface area contributed by atoms with Crippen LogP contribution < -0.4 is 10.6 Å². The number of hydrogen-bond donors (Lipinski definition) is 6. The average molecular weight is 330 g/mol. The third-order valence-corrected chi connectivity index (χ3v) is 2.87. The minimum Gasteiger partial charge on any atom is -0.504 e. The molecule has 0 saturated carbocycles. The van der Waals surface area contributed by atoms with Crippen molar-refractivity contribution in [3.05, 3.63) is 48.6 Å². The number of nitrogens with one attached hydrogen (secondary N) is 2. The second kappa shape index (κ2) is 7.05. The van der Waals surface area contributed by atoms with Gasteiger partial charge in [0.2, 0.25) is 11.8 Å². The number of amides is 2. The van der Waals surface area contributed by atoms with Crippen molar-refractivity contribution in [3.8, 4) is 23.0 Å². The van der Waals surface area contributed by atoms with Crippen LogP contribution in [0.15, 0.2) is 48.6 Å². The maximum Gasteiger partial charge on any atom is 0.248 e. The van der Waals surface area contributed by atoms with Gasteiger partial charge in [0, 0.05) is 35.7 Å². The Morgan fingerprint density at radius 1 is 0.667 bits per heavy atom. The lowest BCUT2D eigenvalue weighted by atomic mass is 10.2. The van der Waals surface area contributed by atoms with E-state index in [0.717, 1.165) is 24.3 Å². The first-order chi connectivity index (χ1) is 11.3. The molecule has 0 heterocycles. The van der Waals surface area contributed by atoms with Crippen LogP contribution in [0, 0.1) is 0 Å². The van der Waals surface area contributed by atoms with Crippen molar-refractivity contribution in [2.45, 2.75) is 0 Å². The third-order valence-electron chi connectivity index (χ3n) is 2.87. The van der Waals surface area contributed by atoms with Gasteiger partial charge in [0.05, 0.1) is 0 Å². The van der Waals surface area contributed by atoms with Crippen LogP contribution in [0.1, 0.15) is 0 Å². The number of anilines is 2. The molecule has 0 fully saturated rings. The number of benzene rings is 2. The van der Waals surface area contributed by atoms with Gasteiger partial charge in [0.25, 0.3) is 0 Å². The molecule has 8 heteroatoms. The van der Waals surface area contributed by atoms with Crippen LogP contribution in [0.25, 0.3) is 0 Å². The van der Waals surface area contributed by atoms with Gasteiger partial charge in [-0.3, -0.25) is 9.59 Å². The molecule has 0 unspecified atom stereocenters. The molecule has 6 N–H and O–H groups in total. The molecular formula is C16H14N2O6. The average Bonchev–Trinajstić information content (AvgIpc) is 2.53. The molecule has 0 aliphatic heterocycles. The fourth-order valence-corrected chi connectivity index (χ4v) is 1.72. The first-order valence-electron chi connectivity index (χ1n) is 6.69. The SMILES string of the molecule is O=C(/C=C\C(=O)Nc1ccc(O)c(O)c1)Nc1ccc(O)c(O)c1. The zero-order valence-corrected chi connectivity index (χ0v) is 12.2. The van der Waals surface area contributed by atoms with Crippen molar-refractivity contribution in [1.82, 2.24) is 0 Å². The molecule has 0 atom stereocenters. The molecule has 2 rings (SSSR count). The van der Waals surface area contributed by atoms with E-state index in [0.29, 0.717) is 0 Å². The van der Waals surface area contributed by atoms with Crippen molar-refractivity contribution >= 4 is 23.2 Å². The fraction of sp³-hybridized carbons (Fsp3) is 0. The molecule has 124 valence electrons. The lowest BCUT2D eigenvalue weighted by molar-refractivity contribution is -0.114. The van der Waals surface area contributed by atoms with E-state index in [2.05, 4.69) is 10.6 Å². The lowest BCUT2D eigenvalue weighted by Gasteiger charge is -2.05. The minimum absolute atomic E-state index is 0.240. The zero-order valence-electron chi connectivity index (χ0n) is 12.2. The summed E-state index contributed by atoms with van der Waals surface area (Å²) in [5.74, 6) is -2.66. The zero-order chi connectivity index (χ0) is 17.7. The van der Waals surface area contributed by atoms with Crippen LogP contribution in [0.3, 0.4) is 0 Å². The Morgan fingerprint density at radius 2 is 1.04 bits per heavy atom. The van der Waals surface area contributed by atoms with E-state index in [4.69, 9.17) is 10.2 Å². The highest BCUT2D eigenvalue weighted by molar-refractivity contribution is 6.07. The molecule has 24 heavy (non-hydrogen) atoms. The summed E-state index contributed by atoms with van der Waals surface area (Å²) >= 11 is 0. The van der Waals surface area contributed by atoms with Gasteiger partial charge in [-0.15, -0.1) is 0 Å². The van der Waals surface area contributed by atoms with E-state index in [1.54, 1.807) is 0 Å². The Morgan fingerprint density at radius 3 is 1.38 bits per heavy atom. The van der Waals surface area contributed by atoms with Crippen LogP contribution >= 0.6 is 0 Å². The molecule has 2 aromatic rings. The molecule has 0 aliphatic rings. The molecule has 2 aromatic carbocycles. The van der Waals surface area contributed by atoms with Crippen molar-refractivity contribution in [3.63, 3.8) is 0 Å². The van der Waals surface area contributed by atoms with Crippen LogP contribution in [-0.4, -0.2) is 32.2 Å². The first-order valence-corrected chi connectivity index (χ1v) is 6.69. The number of hydrogen-bond acceptors (Lipinski definition) is 6. The summed E-state index contributed by atoms with van der Waals surface area (Å²) in [6, 6.07) is 7.47. The number of carbonyl (C=O) groups excluding carboxylic acids is 2.